The first kappa shape index (κ1) is 12.7. The lowest BCUT2D eigenvalue weighted by Crippen LogP contribution is -2.09. The zero-order valence-corrected chi connectivity index (χ0v) is 10.3. The molecule has 1 N–H and O–H groups in total. The molecule has 0 saturated heterocycles. The molecule has 1 atom stereocenters. The van der Waals surface area contributed by atoms with Crippen LogP contribution in [-0.2, 0) is 13.0 Å². The molecule has 0 aliphatic heterocycles. The summed E-state index contributed by atoms with van der Waals surface area (Å²) in [5.74, 6) is 0.358. The topological polar surface area (TPSA) is 50.9 Å². The van der Waals surface area contributed by atoms with Crippen LogP contribution in [0.25, 0.3) is 0 Å². The average Bonchev–Trinajstić information content (AvgIpc) is 2.77. The number of aliphatic hydroxyl groups is 1. The van der Waals surface area contributed by atoms with Crippen molar-refractivity contribution in [3.8, 4) is 0 Å². The van der Waals surface area contributed by atoms with Crippen molar-refractivity contribution in [2.45, 2.75) is 32.4 Å². The summed E-state index contributed by atoms with van der Waals surface area (Å²) in [4.78, 5) is 7.94. The van der Waals surface area contributed by atoms with Gasteiger partial charge in [0.05, 0.1) is 12.3 Å². The zero-order chi connectivity index (χ0) is 13.0. The third-order valence-electron chi connectivity index (χ3n) is 2.75. The van der Waals surface area contributed by atoms with Crippen molar-refractivity contribution < 1.29 is 9.50 Å². The van der Waals surface area contributed by atoms with E-state index < -0.39 is 11.9 Å². The Morgan fingerprint density at radius 3 is 3.00 bits per heavy atom. The predicted molar refractivity (Wildman–Crippen MR) is 65.4 cm³/mol. The van der Waals surface area contributed by atoms with Gasteiger partial charge in [0.15, 0.2) is 0 Å². The van der Waals surface area contributed by atoms with Gasteiger partial charge in [-0.15, -0.1) is 0 Å². The highest BCUT2D eigenvalue weighted by Crippen LogP contribution is 2.17. The van der Waals surface area contributed by atoms with Gasteiger partial charge in [-0.05, 0) is 12.5 Å². The van der Waals surface area contributed by atoms with Crippen LogP contribution in [0.5, 0.6) is 0 Å². The molecule has 2 heterocycles. The fraction of sp³-hybridized carbons (Fsp3) is 0.385. The molecule has 0 spiro atoms. The van der Waals surface area contributed by atoms with Gasteiger partial charge >= 0.3 is 0 Å². The Morgan fingerprint density at radius 1 is 1.44 bits per heavy atom. The summed E-state index contributed by atoms with van der Waals surface area (Å²) in [5.41, 5.74) is 0.473. The largest absolute Gasteiger partial charge is 0.388 e. The number of hydrogen-bond donors (Lipinski definition) is 1. The number of halogens is 1. The van der Waals surface area contributed by atoms with Gasteiger partial charge in [0, 0.05) is 37.1 Å². The lowest BCUT2D eigenvalue weighted by Gasteiger charge is -2.12. The number of imidazole rings is 1. The molecule has 1 unspecified atom stereocenters. The monoisotopic (exact) mass is 249 g/mol. The van der Waals surface area contributed by atoms with E-state index in [1.54, 1.807) is 6.20 Å². The Hall–Kier alpha value is -1.75. The molecule has 18 heavy (non-hydrogen) atoms. The van der Waals surface area contributed by atoms with E-state index in [-0.39, 0.29) is 0 Å². The normalized spacial score (nSPS) is 12.6. The minimum Gasteiger partial charge on any atom is -0.388 e. The van der Waals surface area contributed by atoms with Gasteiger partial charge in [0.2, 0.25) is 0 Å². The van der Waals surface area contributed by atoms with Crippen molar-refractivity contribution in [2.24, 2.45) is 0 Å². The lowest BCUT2D eigenvalue weighted by atomic mass is 10.1. The van der Waals surface area contributed by atoms with E-state index in [0.29, 0.717) is 12.0 Å². The molecular formula is C13H16FN3O. The van der Waals surface area contributed by atoms with Gasteiger partial charge in [0.1, 0.15) is 11.6 Å². The van der Waals surface area contributed by atoms with Crippen LogP contribution in [0.4, 0.5) is 4.39 Å². The van der Waals surface area contributed by atoms with Crippen molar-refractivity contribution in [1.82, 2.24) is 14.5 Å². The van der Waals surface area contributed by atoms with E-state index in [9.17, 15) is 9.50 Å². The molecule has 2 aromatic heterocycles. The smallest absolute Gasteiger partial charge is 0.141 e. The number of rotatable bonds is 5. The molecule has 0 aromatic carbocycles. The molecule has 0 amide bonds. The highest BCUT2D eigenvalue weighted by Gasteiger charge is 2.13. The van der Waals surface area contributed by atoms with E-state index in [1.807, 2.05) is 10.8 Å². The maximum absolute atomic E-state index is 13.0. The quantitative estimate of drug-likeness (QED) is 0.882. The van der Waals surface area contributed by atoms with E-state index in [4.69, 9.17) is 0 Å². The van der Waals surface area contributed by atoms with Crippen molar-refractivity contribution in [2.75, 3.05) is 0 Å². The summed E-state index contributed by atoms with van der Waals surface area (Å²) in [6, 6.07) is 1.30. The van der Waals surface area contributed by atoms with Gasteiger partial charge in [-0.1, -0.05) is 6.92 Å². The Morgan fingerprint density at radius 2 is 2.28 bits per heavy atom. The Kier molecular flexibility index (Phi) is 4.04. The van der Waals surface area contributed by atoms with Gasteiger partial charge in [0.25, 0.3) is 0 Å². The highest BCUT2D eigenvalue weighted by atomic mass is 19.1. The number of aryl methyl sites for hydroxylation is 1. The number of aromatic nitrogens is 3. The van der Waals surface area contributed by atoms with Crippen molar-refractivity contribution >= 4 is 0 Å². The SMILES string of the molecule is CCCn1ccnc1CC(O)c1cncc(F)c1. The Bertz CT molecular complexity index is 512. The number of aliphatic hydroxyl groups excluding tert-OH is 1. The van der Waals surface area contributed by atoms with Crippen molar-refractivity contribution in [3.63, 3.8) is 0 Å². The third kappa shape index (κ3) is 2.92. The van der Waals surface area contributed by atoms with E-state index in [2.05, 4.69) is 16.9 Å². The maximum Gasteiger partial charge on any atom is 0.141 e. The van der Waals surface area contributed by atoms with Crippen LogP contribution in [0.1, 0.15) is 30.8 Å². The second kappa shape index (κ2) is 5.73. The summed E-state index contributed by atoms with van der Waals surface area (Å²) in [7, 11) is 0. The van der Waals surface area contributed by atoms with Crippen LogP contribution >= 0.6 is 0 Å². The number of pyridine rings is 1. The molecule has 0 bridgehead atoms. The molecule has 2 rings (SSSR count). The first-order chi connectivity index (χ1) is 8.70. The summed E-state index contributed by atoms with van der Waals surface area (Å²) >= 11 is 0. The minimum absolute atomic E-state index is 0.359. The average molecular weight is 249 g/mol. The fourth-order valence-electron chi connectivity index (χ4n) is 1.88. The van der Waals surface area contributed by atoms with Crippen LogP contribution < -0.4 is 0 Å². The van der Waals surface area contributed by atoms with Gasteiger partial charge in [-0.3, -0.25) is 4.98 Å². The highest BCUT2D eigenvalue weighted by molar-refractivity contribution is 5.15. The van der Waals surface area contributed by atoms with E-state index in [0.717, 1.165) is 25.0 Å². The summed E-state index contributed by atoms with van der Waals surface area (Å²) < 4.78 is 15.0. The zero-order valence-electron chi connectivity index (χ0n) is 10.3. The molecule has 0 aliphatic carbocycles. The first-order valence-electron chi connectivity index (χ1n) is 5.99. The van der Waals surface area contributed by atoms with Crippen LogP contribution in [-0.4, -0.2) is 19.6 Å². The number of hydrogen-bond acceptors (Lipinski definition) is 3. The summed E-state index contributed by atoms with van der Waals surface area (Å²) in [6.45, 7) is 2.94. The minimum atomic E-state index is -0.786. The second-order valence-electron chi connectivity index (χ2n) is 4.19. The van der Waals surface area contributed by atoms with Crippen LogP contribution in [0.2, 0.25) is 0 Å². The fourth-order valence-corrected chi connectivity index (χ4v) is 1.88. The third-order valence-corrected chi connectivity index (χ3v) is 2.75. The maximum atomic E-state index is 13.0. The molecule has 0 aliphatic rings. The molecule has 0 radical (unpaired) electrons. The molecule has 0 fully saturated rings. The summed E-state index contributed by atoms with van der Waals surface area (Å²) in [6.07, 6.45) is 6.76. The van der Waals surface area contributed by atoms with Crippen molar-refractivity contribution in [1.29, 1.82) is 0 Å². The van der Waals surface area contributed by atoms with Gasteiger partial charge in [-0.2, -0.15) is 0 Å². The standard InChI is InChI=1S/C13H16FN3O/c1-2-4-17-5-3-16-13(17)7-12(18)10-6-11(14)9-15-8-10/h3,5-6,8-9,12,18H,2,4,7H2,1H3. The first-order valence-corrected chi connectivity index (χ1v) is 5.99. The molecule has 2 aromatic rings. The van der Waals surface area contributed by atoms with Crippen molar-refractivity contribution in [3.05, 3.63) is 48.1 Å². The Labute approximate surface area is 105 Å². The molecule has 4 nitrogen and oxygen atoms in total. The second-order valence-corrected chi connectivity index (χ2v) is 4.19. The molecular weight excluding hydrogens is 233 g/mol. The van der Waals surface area contributed by atoms with Gasteiger partial charge in [-0.25, -0.2) is 9.37 Å². The van der Waals surface area contributed by atoms with Crippen LogP contribution in [0, 0.1) is 5.82 Å². The lowest BCUT2D eigenvalue weighted by molar-refractivity contribution is 0.173. The van der Waals surface area contributed by atoms with E-state index in [1.165, 1.54) is 12.3 Å². The van der Waals surface area contributed by atoms with Crippen LogP contribution in [0.15, 0.2) is 30.9 Å². The molecule has 0 saturated carbocycles. The molecule has 96 valence electrons. The van der Waals surface area contributed by atoms with Crippen LogP contribution in [0.3, 0.4) is 0 Å². The van der Waals surface area contributed by atoms with Gasteiger partial charge < -0.3 is 9.67 Å². The molecule has 5 heteroatoms. The number of nitrogens with zero attached hydrogens (tertiary/aromatic N) is 3. The predicted octanol–water partition coefficient (Wildman–Crippen LogP) is 2.10. The summed E-state index contributed by atoms with van der Waals surface area (Å²) in [5, 5.41) is 10.0. The van der Waals surface area contributed by atoms with E-state index >= 15 is 0 Å². The Balaban J connectivity index is 2.11.